The van der Waals surface area contributed by atoms with Crippen molar-refractivity contribution in [2.45, 2.75) is 39.7 Å². The Labute approximate surface area is 137 Å². The first-order valence-electron chi connectivity index (χ1n) is 7.71. The second kappa shape index (κ2) is 7.22. The number of rotatable bonds is 5. The highest BCUT2D eigenvalue weighted by molar-refractivity contribution is 5.84. The van der Waals surface area contributed by atoms with Gasteiger partial charge in [0.05, 0.1) is 19.3 Å². The minimum atomic E-state index is -0.00512. The highest BCUT2D eigenvalue weighted by Crippen LogP contribution is 2.27. The van der Waals surface area contributed by atoms with E-state index in [9.17, 15) is 0 Å². The number of hydrogen-bond acceptors (Lipinski definition) is 4. The van der Waals surface area contributed by atoms with E-state index in [-0.39, 0.29) is 6.04 Å². The molecule has 0 amide bonds. The summed E-state index contributed by atoms with van der Waals surface area (Å²) in [6, 6.07) is 7.93. The van der Waals surface area contributed by atoms with Gasteiger partial charge in [-0.05, 0) is 44.2 Å². The second-order valence-corrected chi connectivity index (χ2v) is 5.78. The second-order valence-electron chi connectivity index (χ2n) is 5.78. The van der Waals surface area contributed by atoms with Crippen LogP contribution in [0.3, 0.4) is 0 Å². The highest BCUT2D eigenvalue weighted by Gasteiger charge is 2.15. The average Bonchev–Trinajstić information content (AvgIpc) is 2.99. The number of hydrogen-bond donors (Lipinski definition) is 0. The Morgan fingerprint density at radius 2 is 2.04 bits per heavy atom. The molecule has 122 valence electrons. The van der Waals surface area contributed by atoms with Gasteiger partial charge in [0.15, 0.2) is 5.82 Å². The molecule has 0 spiro atoms. The average molecular weight is 312 g/mol. The van der Waals surface area contributed by atoms with Crippen molar-refractivity contribution < 1.29 is 4.74 Å². The SMILES string of the molecule is C=Nc1c(C(C)C)cnn1C(C)=NC(C)c1cccc(OC)c1. The lowest BCUT2D eigenvalue weighted by atomic mass is 10.1. The number of nitrogens with zero attached hydrogens (tertiary/aromatic N) is 4. The lowest BCUT2D eigenvalue weighted by molar-refractivity contribution is 0.414. The van der Waals surface area contributed by atoms with Crippen molar-refractivity contribution in [3.05, 3.63) is 41.6 Å². The summed E-state index contributed by atoms with van der Waals surface area (Å²) in [6.45, 7) is 11.9. The predicted molar refractivity (Wildman–Crippen MR) is 95.4 cm³/mol. The van der Waals surface area contributed by atoms with E-state index in [1.807, 2.05) is 44.3 Å². The molecule has 0 radical (unpaired) electrons. The number of aliphatic imine (C=N–C) groups is 2. The van der Waals surface area contributed by atoms with Crippen LogP contribution in [0.25, 0.3) is 0 Å². The zero-order chi connectivity index (χ0) is 17.0. The molecule has 1 aromatic heterocycles. The number of aromatic nitrogens is 2. The topological polar surface area (TPSA) is 51.8 Å². The van der Waals surface area contributed by atoms with Gasteiger partial charge in [-0.15, -0.1) is 0 Å². The molecule has 5 heteroatoms. The Kier molecular flexibility index (Phi) is 5.32. The Morgan fingerprint density at radius 3 is 2.65 bits per heavy atom. The van der Waals surface area contributed by atoms with Crippen LogP contribution in [0.4, 0.5) is 5.82 Å². The lowest BCUT2D eigenvalue weighted by Gasteiger charge is -2.12. The first-order valence-corrected chi connectivity index (χ1v) is 7.71. The van der Waals surface area contributed by atoms with Gasteiger partial charge < -0.3 is 4.74 Å². The summed E-state index contributed by atoms with van der Waals surface area (Å²) < 4.78 is 7.02. The summed E-state index contributed by atoms with van der Waals surface area (Å²) in [4.78, 5) is 8.88. The molecule has 1 atom stereocenters. The van der Waals surface area contributed by atoms with Gasteiger partial charge in [0.2, 0.25) is 0 Å². The standard InChI is InChI=1S/C18H24N4O/c1-12(2)17-11-20-22(18(17)19-5)14(4)21-13(3)15-8-7-9-16(10-15)23-6/h7-13H,5H2,1-4,6H3. The van der Waals surface area contributed by atoms with E-state index in [1.165, 1.54) is 0 Å². The molecule has 0 bridgehead atoms. The summed E-state index contributed by atoms with van der Waals surface area (Å²) in [5, 5.41) is 4.42. The molecule has 1 heterocycles. The monoisotopic (exact) mass is 312 g/mol. The molecule has 0 saturated heterocycles. The van der Waals surface area contributed by atoms with Gasteiger partial charge in [0, 0.05) is 5.56 Å². The molecule has 0 aliphatic rings. The Morgan fingerprint density at radius 1 is 1.30 bits per heavy atom. The molecule has 1 unspecified atom stereocenters. The van der Waals surface area contributed by atoms with E-state index in [0.29, 0.717) is 5.92 Å². The molecule has 23 heavy (non-hydrogen) atoms. The Bertz CT molecular complexity index is 716. The molecular formula is C18H24N4O. The van der Waals surface area contributed by atoms with Gasteiger partial charge in [0.25, 0.3) is 0 Å². The zero-order valence-electron chi connectivity index (χ0n) is 14.4. The van der Waals surface area contributed by atoms with Crippen LogP contribution in [0.15, 0.2) is 40.4 Å². The van der Waals surface area contributed by atoms with Crippen molar-refractivity contribution in [2.24, 2.45) is 9.98 Å². The minimum Gasteiger partial charge on any atom is -0.497 e. The van der Waals surface area contributed by atoms with Crippen LogP contribution in [0.1, 0.15) is 50.8 Å². The molecule has 1 aromatic carbocycles. The van der Waals surface area contributed by atoms with Crippen LogP contribution in [-0.4, -0.2) is 29.4 Å². The van der Waals surface area contributed by atoms with Crippen LogP contribution in [0.2, 0.25) is 0 Å². The molecular weight excluding hydrogens is 288 g/mol. The van der Waals surface area contributed by atoms with Gasteiger partial charge >= 0.3 is 0 Å². The molecule has 2 rings (SSSR count). The van der Waals surface area contributed by atoms with Crippen LogP contribution in [0, 0.1) is 0 Å². The smallest absolute Gasteiger partial charge is 0.159 e. The number of benzene rings is 1. The van der Waals surface area contributed by atoms with Gasteiger partial charge in [-0.25, -0.2) is 9.67 Å². The maximum absolute atomic E-state index is 5.27. The van der Waals surface area contributed by atoms with Crippen molar-refractivity contribution >= 4 is 18.4 Å². The molecule has 0 fully saturated rings. The molecule has 0 saturated carbocycles. The van der Waals surface area contributed by atoms with Crippen molar-refractivity contribution in [1.82, 2.24) is 9.78 Å². The van der Waals surface area contributed by atoms with Crippen LogP contribution >= 0.6 is 0 Å². The maximum atomic E-state index is 5.27. The van der Waals surface area contributed by atoms with Gasteiger partial charge in [-0.2, -0.15) is 5.10 Å². The van der Waals surface area contributed by atoms with Crippen molar-refractivity contribution in [3.8, 4) is 5.75 Å². The van der Waals surface area contributed by atoms with Gasteiger partial charge in [-0.1, -0.05) is 26.0 Å². The minimum absolute atomic E-state index is 0.00512. The summed E-state index contributed by atoms with van der Waals surface area (Å²) in [7, 11) is 1.66. The molecule has 0 aliphatic heterocycles. The molecule has 5 nitrogen and oxygen atoms in total. The van der Waals surface area contributed by atoms with Crippen LogP contribution in [-0.2, 0) is 0 Å². The maximum Gasteiger partial charge on any atom is 0.159 e. The quantitative estimate of drug-likeness (QED) is 0.608. The van der Waals surface area contributed by atoms with Crippen molar-refractivity contribution in [1.29, 1.82) is 0 Å². The lowest BCUT2D eigenvalue weighted by Crippen LogP contribution is -2.10. The van der Waals surface area contributed by atoms with Crippen LogP contribution in [0.5, 0.6) is 5.75 Å². The third kappa shape index (κ3) is 3.67. The van der Waals surface area contributed by atoms with E-state index in [0.717, 1.165) is 28.5 Å². The summed E-state index contributed by atoms with van der Waals surface area (Å²) in [5.41, 5.74) is 2.16. The summed E-state index contributed by atoms with van der Waals surface area (Å²) in [6.07, 6.45) is 1.84. The van der Waals surface area contributed by atoms with E-state index in [4.69, 9.17) is 9.73 Å². The molecule has 0 N–H and O–H groups in total. The summed E-state index contributed by atoms with van der Waals surface area (Å²) in [5.74, 6) is 2.72. The van der Waals surface area contributed by atoms with Gasteiger partial charge in [-0.3, -0.25) is 4.99 Å². The van der Waals surface area contributed by atoms with Gasteiger partial charge in [0.1, 0.15) is 11.6 Å². The number of ether oxygens (including phenoxy) is 1. The van der Waals surface area contributed by atoms with Crippen molar-refractivity contribution in [2.75, 3.05) is 7.11 Å². The predicted octanol–water partition coefficient (Wildman–Crippen LogP) is 4.37. The van der Waals surface area contributed by atoms with E-state index < -0.39 is 0 Å². The third-order valence-electron chi connectivity index (χ3n) is 3.81. The van der Waals surface area contributed by atoms with E-state index >= 15 is 0 Å². The molecule has 0 aliphatic carbocycles. The summed E-state index contributed by atoms with van der Waals surface area (Å²) >= 11 is 0. The first kappa shape index (κ1) is 16.9. The fraction of sp³-hybridized carbons (Fsp3) is 0.389. The number of methoxy groups -OCH3 is 1. The van der Waals surface area contributed by atoms with Crippen LogP contribution < -0.4 is 4.74 Å². The first-order chi connectivity index (χ1) is 11.0. The van der Waals surface area contributed by atoms with Crippen molar-refractivity contribution in [3.63, 3.8) is 0 Å². The fourth-order valence-electron chi connectivity index (χ4n) is 2.47. The highest BCUT2D eigenvalue weighted by atomic mass is 16.5. The fourth-order valence-corrected chi connectivity index (χ4v) is 2.47. The Balaban J connectivity index is 2.33. The van der Waals surface area contributed by atoms with E-state index in [2.05, 4.69) is 30.7 Å². The normalized spacial score (nSPS) is 13.2. The zero-order valence-corrected chi connectivity index (χ0v) is 14.4. The third-order valence-corrected chi connectivity index (χ3v) is 3.81. The van der Waals surface area contributed by atoms with E-state index in [1.54, 1.807) is 11.8 Å². The molecule has 2 aromatic rings. The Hall–Kier alpha value is -2.43. The largest absolute Gasteiger partial charge is 0.497 e.